The Kier molecular flexibility index (Phi) is 4.67. The third kappa shape index (κ3) is 3.24. The molecule has 0 fully saturated rings. The van der Waals surface area contributed by atoms with Crippen LogP contribution in [-0.4, -0.2) is 0 Å². The zero-order valence-corrected chi connectivity index (χ0v) is 22.3. The van der Waals surface area contributed by atoms with Gasteiger partial charge in [-0.25, -0.2) is 0 Å². The van der Waals surface area contributed by atoms with Crippen LogP contribution in [0.2, 0.25) is 0 Å². The predicted octanol–water partition coefficient (Wildman–Crippen LogP) is 11.4. The second-order valence-electron chi connectivity index (χ2n) is 10.8. The molecular formula is C40H24O. The number of ether oxygens (including phenoxy) is 1. The first kappa shape index (κ1) is 22.4. The number of para-hydroxylation sites is 1. The highest BCUT2D eigenvalue weighted by Crippen LogP contribution is 2.50. The van der Waals surface area contributed by atoms with Crippen molar-refractivity contribution in [3.63, 3.8) is 0 Å². The molecule has 1 nitrogen and oxygen atoms in total. The van der Waals surface area contributed by atoms with E-state index in [-0.39, 0.29) is 0 Å². The number of benzene rings is 8. The summed E-state index contributed by atoms with van der Waals surface area (Å²) in [5.74, 6) is 1.83. The molecule has 190 valence electrons. The average Bonchev–Trinajstić information content (AvgIpc) is 3.04. The highest BCUT2D eigenvalue weighted by Gasteiger charge is 2.23. The Balaban J connectivity index is 1.46. The van der Waals surface area contributed by atoms with Crippen LogP contribution in [0, 0.1) is 0 Å². The molecular weight excluding hydrogens is 496 g/mol. The molecule has 1 heterocycles. The fourth-order valence-corrected chi connectivity index (χ4v) is 6.87. The summed E-state index contributed by atoms with van der Waals surface area (Å²) in [5.41, 5.74) is 7.35. The van der Waals surface area contributed by atoms with E-state index in [9.17, 15) is 0 Å². The molecule has 0 amide bonds. The summed E-state index contributed by atoms with van der Waals surface area (Å²) >= 11 is 0. The highest BCUT2D eigenvalue weighted by atomic mass is 16.5. The van der Waals surface area contributed by atoms with E-state index in [2.05, 4.69) is 140 Å². The highest BCUT2D eigenvalue weighted by molar-refractivity contribution is 6.26. The molecule has 0 atom stereocenters. The SMILES string of the molecule is c1ccc(-c2c3ccccc3cc3c(-c4ccc5c6c(cccc46)-c4ccccc4O5)cc4ccccc4c23)cc1. The van der Waals surface area contributed by atoms with E-state index in [0.29, 0.717) is 0 Å². The van der Waals surface area contributed by atoms with Gasteiger partial charge in [0.2, 0.25) is 0 Å². The van der Waals surface area contributed by atoms with Gasteiger partial charge in [0.15, 0.2) is 0 Å². The summed E-state index contributed by atoms with van der Waals surface area (Å²) in [4.78, 5) is 0. The van der Waals surface area contributed by atoms with Gasteiger partial charge in [-0.3, -0.25) is 0 Å². The molecule has 0 radical (unpaired) electrons. The van der Waals surface area contributed by atoms with Crippen LogP contribution < -0.4 is 4.74 Å². The maximum atomic E-state index is 6.43. The van der Waals surface area contributed by atoms with E-state index in [0.717, 1.165) is 17.1 Å². The number of hydrogen-bond donors (Lipinski definition) is 0. The van der Waals surface area contributed by atoms with Crippen LogP contribution in [0.4, 0.5) is 0 Å². The van der Waals surface area contributed by atoms with Gasteiger partial charge in [-0.2, -0.15) is 0 Å². The van der Waals surface area contributed by atoms with Crippen LogP contribution >= 0.6 is 0 Å². The van der Waals surface area contributed by atoms with E-state index in [1.807, 2.05) is 6.07 Å². The summed E-state index contributed by atoms with van der Waals surface area (Å²) in [7, 11) is 0. The lowest BCUT2D eigenvalue weighted by molar-refractivity contribution is 0.487. The first-order valence-electron chi connectivity index (χ1n) is 14.1. The molecule has 0 aromatic heterocycles. The molecule has 0 bridgehead atoms. The Morgan fingerprint density at radius 3 is 1.90 bits per heavy atom. The van der Waals surface area contributed by atoms with Crippen LogP contribution in [0.5, 0.6) is 11.5 Å². The van der Waals surface area contributed by atoms with Gasteiger partial charge < -0.3 is 4.74 Å². The number of fused-ring (bicyclic) bond motifs is 6. The zero-order chi connectivity index (χ0) is 26.9. The summed E-state index contributed by atoms with van der Waals surface area (Å²) in [6, 6.07) is 52.6. The normalized spacial score (nSPS) is 12.1. The largest absolute Gasteiger partial charge is 0.456 e. The molecule has 0 N–H and O–H groups in total. The zero-order valence-electron chi connectivity index (χ0n) is 22.3. The van der Waals surface area contributed by atoms with Crippen LogP contribution in [0.25, 0.3) is 76.5 Å². The van der Waals surface area contributed by atoms with Crippen LogP contribution in [0.1, 0.15) is 0 Å². The van der Waals surface area contributed by atoms with Crippen molar-refractivity contribution >= 4 is 43.1 Å². The fourth-order valence-electron chi connectivity index (χ4n) is 6.87. The van der Waals surface area contributed by atoms with E-state index < -0.39 is 0 Å². The number of hydrogen-bond acceptors (Lipinski definition) is 1. The van der Waals surface area contributed by atoms with Gasteiger partial charge in [-0.05, 0) is 89.8 Å². The Hall–Kier alpha value is -5.40. The van der Waals surface area contributed by atoms with Gasteiger partial charge in [0, 0.05) is 10.9 Å². The summed E-state index contributed by atoms with van der Waals surface area (Å²) in [6.45, 7) is 0. The van der Waals surface area contributed by atoms with Gasteiger partial charge in [-0.1, -0.05) is 121 Å². The van der Waals surface area contributed by atoms with Crippen molar-refractivity contribution in [3.05, 3.63) is 146 Å². The average molecular weight is 521 g/mol. The second kappa shape index (κ2) is 8.55. The molecule has 1 aliphatic rings. The lowest BCUT2D eigenvalue weighted by Gasteiger charge is -2.23. The summed E-state index contributed by atoms with van der Waals surface area (Å²) in [5, 5.41) is 9.98. The molecule has 0 aliphatic carbocycles. The Morgan fingerprint density at radius 1 is 0.341 bits per heavy atom. The topological polar surface area (TPSA) is 9.23 Å². The smallest absolute Gasteiger partial charge is 0.135 e. The molecule has 9 rings (SSSR count). The molecule has 0 saturated carbocycles. The minimum absolute atomic E-state index is 0.912. The van der Waals surface area contributed by atoms with E-state index in [4.69, 9.17) is 4.74 Å². The summed E-state index contributed by atoms with van der Waals surface area (Å²) in [6.07, 6.45) is 0. The molecule has 0 unspecified atom stereocenters. The minimum atomic E-state index is 0.912. The van der Waals surface area contributed by atoms with Crippen molar-refractivity contribution in [1.29, 1.82) is 0 Å². The summed E-state index contributed by atoms with van der Waals surface area (Å²) < 4.78 is 6.43. The third-order valence-electron chi connectivity index (χ3n) is 8.62. The molecule has 1 aliphatic heterocycles. The number of rotatable bonds is 2. The lowest BCUT2D eigenvalue weighted by atomic mass is 9.84. The van der Waals surface area contributed by atoms with Crippen molar-refractivity contribution < 1.29 is 4.74 Å². The van der Waals surface area contributed by atoms with Crippen molar-refractivity contribution in [2.24, 2.45) is 0 Å². The van der Waals surface area contributed by atoms with Gasteiger partial charge in [0.25, 0.3) is 0 Å². The van der Waals surface area contributed by atoms with E-state index in [1.54, 1.807) is 0 Å². The van der Waals surface area contributed by atoms with E-state index in [1.165, 1.54) is 70.9 Å². The van der Waals surface area contributed by atoms with Crippen molar-refractivity contribution in [2.45, 2.75) is 0 Å². The van der Waals surface area contributed by atoms with Crippen molar-refractivity contribution in [2.75, 3.05) is 0 Å². The van der Waals surface area contributed by atoms with Gasteiger partial charge in [-0.15, -0.1) is 0 Å². The van der Waals surface area contributed by atoms with Gasteiger partial charge in [0.1, 0.15) is 11.5 Å². The monoisotopic (exact) mass is 520 g/mol. The quantitative estimate of drug-likeness (QED) is 0.163. The van der Waals surface area contributed by atoms with Crippen LogP contribution in [0.15, 0.2) is 146 Å². The standard InChI is InChI=1S/C40H24O/c1-2-11-25(12-3-1)38-28-15-6-4-14-27(28)24-35-34(23-26-13-5-7-16-29(26)40(35)38)30-21-22-37-39-32(30)18-10-19-33(39)31-17-8-9-20-36(31)41-37/h1-24H. The van der Waals surface area contributed by atoms with Crippen LogP contribution in [-0.2, 0) is 0 Å². The Morgan fingerprint density at radius 2 is 1.02 bits per heavy atom. The third-order valence-corrected chi connectivity index (χ3v) is 8.62. The maximum absolute atomic E-state index is 6.43. The van der Waals surface area contributed by atoms with Crippen LogP contribution in [0.3, 0.4) is 0 Å². The second-order valence-corrected chi connectivity index (χ2v) is 10.8. The van der Waals surface area contributed by atoms with Crippen molar-refractivity contribution in [3.8, 4) is 44.9 Å². The maximum Gasteiger partial charge on any atom is 0.135 e. The Labute approximate surface area is 237 Å². The van der Waals surface area contributed by atoms with Gasteiger partial charge in [0.05, 0.1) is 0 Å². The molecule has 1 heteroatoms. The fraction of sp³-hybridized carbons (Fsp3) is 0. The minimum Gasteiger partial charge on any atom is -0.456 e. The lowest BCUT2D eigenvalue weighted by Crippen LogP contribution is -1.98. The molecule has 8 aromatic rings. The molecule has 41 heavy (non-hydrogen) atoms. The molecule has 0 spiro atoms. The first-order chi connectivity index (χ1) is 20.3. The van der Waals surface area contributed by atoms with E-state index >= 15 is 0 Å². The Bertz CT molecular complexity index is 2330. The molecule has 0 saturated heterocycles. The van der Waals surface area contributed by atoms with Crippen molar-refractivity contribution in [1.82, 2.24) is 0 Å². The first-order valence-corrected chi connectivity index (χ1v) is 14.1. The van der Waals surface area contributed by atoms with Gasteiger partial charge >= 0.3 is 0 Å². The predicted molar refractivity (Wildman–Crippen MR) is 173 cm³/mol. The molecule has 8 aromatic carbocycles.